The van der Waals surface area contributed by atoms with Gasteiger partial charge < -0.3 is 19.6 Å². The van der Waals surface area contributed by atoms with Crippen molar-refractivity contribution in [2.24, 2.45) is 11.8 Å². The third kappa shape index (κ3) is 3.72. The number of esters is 1. The Kier molecular flexibility index (Phi) is 6.81. The summed E-state index contributed by atoms with van der Waals surface area (Å²) in [5.74, 6) is -1.87. The first-order valence-corrected chi connectivity index (χ1v) is 13.8. The number of fused-ring (bicyclic) bond motifs is 2. The summed E-state index contributed by atoms with van der Waals surface area (Å²) in [4.78, 5) is 45.3. The zero-order chi connectivity index (χ0) is 23.9. The highest BCUT2D eigenvalue weighted by Gasteiger charge is 2.71. The number of amides is 2. The molecule has 6 atom stereocenters. The smallest absolute Gasteiger partial charge is 0.311 e. The van der Waals surface area contributed by atoms with Crippen LogP contribution in [0.2, 0.25) is 0 Å². The number of carbonyl (C=O) groups is 3. The van der Waals surface area contributed by atoms with Gasteiger partial charge in [0.1, 0.15) is 6.04 Å². The number of aliphatic hydroxyl groups excluding tert-OH is 1. The number of aliphatic hydroxyl groups is 1. The van der Waals surface area contributed by atoms with E-state index in [0.717, 1.165) is 38.5 Å². The van der Waals surface area contributed by atoms with Gasteiger partial charge in [0.15, 0.2) is 0 Å². The van der Waals surface area contributed by atoms with E-state index < -0.39 is 28.7 Å². The lowest BCUT2D eigenvalue weighted by atomic mass is 9.78. The largest absolute Gasteiger partial charge is 0.465 e. The molecule has 4 heterocycles. The van der Waals surface area contributed by atoms with Gasteiger partial charge in [0, 0.05) is 17.8 Å². The number of hydrogen-bond acceptors (Lipinski definition) is 6. The quantitative estimate of drug-likeness (QED) is 0.484. The molecule has 0 radical (unpaired) electrons. The Bertz CT molecular complexity index is 880. The average molecular weight is 489 g/mol. The molecule has 2 saturated heterocycles. The Hall–Kier alpha value is -1.80. The van der Waals surface area contributed by atoms with Crippen LogP contribution < -0.4 is 0 Å². The summed E-state index contributed by atoms with van der Waals surface area (Å²) in [7, 11) is 0. The number of nitrogens with zero attached hydrogens (tertiary/aromatic N) is 2. The molecule has 0 bridgehead atoms. The second-order valence-corrected chi connectivity index (χ2v) is 11.7. The molecule has 1 saturated carbocycles. The molecule has 0 aromatic rings. The topological polar surface area (TPSA) is 87.2 Å². The number of ether oxygens (including phenoxy) is 1. The number of carbonyl (C=O) groups excluding carboxylic acids is 3. The number of likely N-dealkylation sites (tertiary alicyclic amines) is 1. The van der Waals surface area contributed by atoms with Gasteiger partial charge in [-0.1, -0.05) is 50.5 Å². The fourth-order valence-electron chi connectivity index (χ4n) is 6.74. The summed E-state index contributed by atoms with van der Waals surface area (Å²) in [5.41, 5.74) is 0. The van der Waals surface area contributed by atoms with Gasteiger partial charge in [-0.3, -0.25) is 14.4 Å². The highest BCUT2D eigenvalue weighted by molar-refractivity contribution is 8.02. The highest BCUT2D eigenvalue weighted by Crippen LogP contribution is 2.61. The fourth-order valence-corrected chi connectivity index (χ4v) is 8.73. The summed E-state index contributed by atoms with van der Waals surface area (Å²) in [6.45, 7) is 2.60. The molecule has 186 valence electrons. The van der Waals surface area contributed by atoms with E-state index in [1.54, 1.807) is 16.7 Å². The van der Waals surface area contributed by atoms with Crippen molar-refractivity contribution in [3.05, 3.63) is 24.3 Å². The lowest BCUT2D eigenvalue weighted by Gasteiger charge is -2.41. The van der Waals surface area contributed by atoms with Crippen LogP contribution in [0.3, 0.4) is 0 Å². The maximum absolute atomic E-state index is 14.3. The molecule has 5 aliphatic rings. The van der Waals surface area contributed by atoms with E-state index in [4.69, 9.17) is 4.74 Å². The van der Waals surface area contributed by atoms with Crippen LogP contribution in [0.25, 0.3) is 0 Å². The van der Waals surface area contributed by atoms with Crippen molar-refractivity contribution in [1.29, 1.82) is 0 Å². The van der Waals surface area contributed by atoms with Crippen LogP contribution >= 0.6 is 11.8 Å². The van der Waals surface area contributed by atoms with Crippen LogP contribution in [0.5, 0.6) is 0 Å². The molecule has 5 rings (SSSR count). The molecule has 0 aromatic heterocycles. The van der Waals surface area contributed by atoms with Crippen molar-refractivity contribution in [2.45, 2.75) is 86.4 Å². The number of hydrogen-bond donors (Lipinski definition) is 1. The second kappa shape index (κ2) is 9.69. The van der Waals surface area contributed by atoms with E-state index in [2.05, 4.69) is 18.2 Å². The first-order chi connectivity index (χ1) is 16.5. The highest BCUT2D eigenvalue weighted by atomic mass is 32.2. The molecule has 1 N–H and O–H groups in total. The predicted octanol–water partition coefficient (Wildman–Crippen LogP) is 2.68. The molecule has 34 heavy (non-hydrogen) atoms. The van der Waals surface area contributed by atoms with Gasteiger partial charge >= 0.3 is 5.97 Å². The van der Waals surface area contributed by atoms with Crippen molar-refractivity contribution >= 4 is 29.5 Å². The summed E-state index contributed by atoms with van der Waals surface area (Å²) in [6, 6.07) is -0.991. The molecule has 1 spiro atoms. The Labute approximate surface area is 205 Å². The minimum Gasteiger partial charge on any atom is -0.465 e. The molecule has 4 aliphatic heterocycles. The van der Waals surface area contributed by atoms with E-state index >= 15 is 0 Å². The van der Waals surface area contributed by atoms with Gasteiger partial charge in [-0.15, -0.1) is 11.8 Å². The lowest BCUT2D eigenvalue weighted by molar-refractivity contribution is -0.153. The predicted molar refractivity (Wildman–Crippen MR) is 130 cm³/mol. The van der Waals surface area contributed by atoms with Gasteiger partial charge in [0.25, 0.3) is 0 Å². The Morgan fingerprint density at radius 3 is 2.68 bits per heavy atom. The van der Waals surface area contributed by atoms with Crippen LogP contribution in [0, 0.1) is 11.8 Å². The van der Waals surface area contributed by atoms with Gasteiger partial charge in [0.2, 0.25) is 11.8 Å². The van der Waals surface area contributed by atoms with Crippen molar-refractivity contribution < 1.29 is 24.2 Å². The Morgan fingerprint density at radius 2 is 1.94 bits per heavy atom. The first kappa shape index (κ1) is 23.9. The summed E-state index contributed by atoms with van der Waals surface area (Å²) >= 11 is 1.58. The average Bonchev–Trinajstić information content (AvgIpc) is 3.26. The van der Waals surface area contributed by atoms with E-state index in [1.165, 1.54) is 6.42 Å². The van der Waals surface area contributed by atoms with Gasteiger partial charge in [-0.05, 0) is 32.1 Å². The zero-order valence-electron chi connectivity index (χ0n) is 19.9. The maximum Gasteiger partial charge on any atom is 0.311 e. The maximum atomic E-state index is 14.3. The van der Waals surface area contributed by atoms with E-state index in [1.807, 2.05) is 17.9 Å². The van der Waals surface area contributed by atoms with Crippen LogP contribution in [0.4, 0.5) is 0 Å². The SMILES string of the molecule is CC[C@@H](CO)N1C(=O)[C@@H]2[C@@H]3C(=O)OCCC/C=C\[C@@H]3S[C@@]23C=CCN(C2CCCCC2)C(=O)C13. The third-order valence-corrected chi connectivity index (χ3v) is 10.2. The van der Waals surface area contributed by atoms with Crippen molar-refractivity contribution in [3.8, 4) is 0 Å². The molecule has 7 nitrogen and oxygen atoms in total. The monoisotopic (exact) mass is 488 g/mol. The van der Waals surface area contributed by atoms with Crippen LogP contribution in [-0.2, 0) is 19.1 Å². The van der Waals surface area contributed by atoms with E-state index in [-0.39, 0.29) is 35.7 Å². The van der Waals surface area contributed by atoms with Crippen molar-refractivity contribution in [3.63, 3.8) is 0 Å². The zero-order valence-corrected chi connectivity index (χ0v) is 20.8. The molecule has 2 amide bonds. The summed E-state index contributed by atoms with van der Waals surface area (Å²) < 4.78 is 4.77. The molecule has 0 aromatic carbocycles. The molecule has 8 heteroatoms. The summed E-state index contributed by atoms with van der Waals surface area (Å²) in [5, 5.41) is 9.97. The van der Waals surface area contributed by atoms with E-state index in [0.29, 0.717) is 19.6 Å². The first-order valence-electron chi connectivity index (χ1n) is 13.0. The molecule has 3 fully saturated rings. The number of rotatable bonds is 4. The van der Waals surface area contributed by atoms with E-state index in [9.17, 15) is 19.5 Å². The third-order valence-electron chi connectivity index (χ3n) is 8.41. The van der Waals surface area contributed by atoms with Crippen molar-refractivity contribution in [1.82, 2.24) is 9.80 Å². The van der Waals surface area contributed by atoms with Gasteiger partial charge in [-0.2, -0.15) is 0 Å². The Balaban J connectivity index is 1.60. The fraction of sp³-hybridized carbons (Fsp3) is 0.731. The van der Waals surface area contributed by atoms with Crippen LogP contribution in [0.1, 0.15) is 58.3 Å². The summed E-state index contributed by atoms with van der Waals surface area (Å²) in [6.07, 6.45) is 15.8. The second-order valence-electron chi connectivity index (χ2n) is 10.3. The van der Waals surface area contributed by atoms with Crippen LogP contribution in [-0.4, -0.2) is 80.6 Å². The minimum absolute atomic E-state index is 0.0315. The molecular weight excluding hydrogens is 452 g/mol. The lowest BCUT2D eigenvalue weighted by Crippen LogP contribution is -2.58. The van der Waals surface area contributed by atoms with Gasteiger partial charge in [-0.25, -0.2) is 0 Å². The Morgan fingerprint density at radius 1 is 1.15 bits per heavy atom. The van der Waals surface area contributed by atoms with Crippen LogP contribution in [0.15, 0.2) is 24.3 Å². The van der Waals surface area contributed by atoms with Gasteiger partial charge in [0.05, 0.1) is 35.8 Å². The number of thioether (sulfide) groups is 1. The standard InChI is InChI=1S/C26H36N2O5S/c1-2-17(16-29)28-22-24(31)27(18-10-5-3-6-11-18)14-9-13-26(22)21(23(28)30)20-19(34-26)12-7-4-8-15-33-25(20)32/h7,9,12-13,17-22,29H,2-6,8,10-11,14-16H2,1H3/b12-7-/t17-,19-,20+,21-,22?,26-/m0/s1. The molecular formula is C26H36N2O5S. The normalized spacial score (nSPS) is 38.2. The molecule has 1 unspecified atom stereocenters. The number of cyclic esters (lactones) is 1. The minimum atomic E-state index is -0.835. The van der Waals surface area contributed by atoms with Crippen molar-refractivity contribution in [2.75, 3.05) is 19.8 Å². The molecule has 1 aliphatic carbocycles. The number of allylic oxidation sites excluding steroid dienone is 1.